The van der Waals surface area contributed by atoms with E-state index in [4.69, 9.17) is 0 Å². The summed E-state index contributed by atoms with van der Waals surface area (Å²) in [4.78, 5) is 0. The topological polar surface area (TPSA) is 29.9 Å². The summed E-state index contributed by atoms with van der Waals surface area (Å²) in [5.41, 5.74) is 2.71. The third-order valence-corrected chi connectivity index (χ3v) is 4.58. The van der Waals surface area contributed by atoms with Crippen molar-refractivity contribution in [2.45, 2.75) is 45.6 Å². The second kappa shape index (κ2) is 6.44. The Morgan fingerprint density at radius 3 is 2.62 bits per heavy atom. The van der Waals surface area contributed by atoms with Crippen LogP contribution >= 0.6 is 0 Å². The lowest BCUT2D eigenvalue weighted by Crippen LogP contribution is -2.33. The Bertz CT molecular complexity index is 553. The fourth-order valence-corrected chi connectivity index (χ4v) is 3.25. The van der Waals surface area contributed by atoms with Crippen molar-refractivity contribution >= 4 is 0 Å². The van der Waals surface area contributed by atoms with Gasteiger partial charge >= 0.3 is 0 Å². The summed E-state index contributed by atoms with van der Waals surface area (Å²) in [6.07, 6.45) is 8.95. The van der Waals surface area contributed by atoms with Crippen molar-refractivity contribution in [2.75, 3.05) is 6.54 Å². The molecular weight excluding hydrogens is 258 g/mol. The van der Waals surface area contributed by atoms with Gasteiger partial charge in [0.2, 0.25) is 0 Å². The Morgan fingerprint density at radius 2 is 1.86 bits per heavy atom. The van der Waals surface area contributed by atoms with Gasteiger partial charge in [-0.15, -0.1) is 0 Å². The first kappa shape index (κ1) is 14.3. The van der Waals surface area contributed by atoms with E-state index in [0.717, 1.165) is 24.5 Å². The van der Waals surface area contributed by atoms with E-state index in [9.17, 15) is 0 Å². The predicted molar refractivity (Wildman–Crippen MR) is 86.5 cm³/mol. The van der Waals surface area contributed by atoms with Gasteiger partial charge in [0.25, 0.3) is 0 Å². The van der Waals surface area contributed by atoms with Crippen LogP contribution in [0.5, 0.6) is 0 Å². The quantitative estimate of drug-likeness (QED) is 0.901. The summed E-state index contributed by atoms with van der Waals surface area (Å²) in [6.45, 7) is 4.38. The molecule has 0 aliphatic heterocycles. The smallest absolute Gasteiger partial charge is 0.0766 e. The standard InChI is InChI=1S/C18H25N3/c1-18(11-6-3-7-12-18)15-19-14-16-10-13-21(20-16)17-8-4-2-5-9-17/h2,4-5,8-10,13,19H,3,6-7,11-12,14-15H2,1H3. The minimum atomic E-state index is 0.486. The molecule has 1 heterocycles. The maximum atomic E-state index is 4.64. The van der Waals surface area contributed by atoms with Crippen LogP contribution in [0.1, 0.15) is 44.7 Å². The molecule has 2 aromatic rings. The van der Waals surface area contributed by atoms with Crippen molar-refractivity contribution in [3.8, 4) is 5.69 Å². The molecule has 3 rings (SSSR count). The van der Waals surface area contributed by atoms with E-state index >= 15 is 0 Å². The highest BCUT2D eigenvalue weighted by Gasteiger charge is 2.26. The molecule has 1 saturated carbocycles. The average Bonchev–Trinajstić information content (AvgIpc) is 2.98. The maximum Gasteiger partial charge on any atom is 0.0766 e. The number of rotatable bonds is 5. The van der Waals surface area contributed by atoms with Crippen LogP contribution in [0.25, 0.3) is 5.69 Å². The van der Waals surface area contributed by atoms with Crippen LogP contribution in [-0.4, -0.2) is 16.3 Å². The van der Waals surface area contributed by atoms with Gasteiger partial charge in [0.05, 0.1) is 11.4 Å². The second-order valence-corrected chi connectivity index (χ2v) is 6.56. The molecule has 1 aromatic carbocycles. The average molecular weight is 283 g/mol. The number of nitrogens with zero attached hydrogens (tertiary/aromatic N) is 2. The number of para-hydroxylation sites is 1. The first-order valence-corrected chi connectivity index (χ1v) is 8.06. The molecule has 1 fully saturated rings. The summed E-state index contributed by atoms with van der Waals surface area (Å²) in [6, 6.07) is 12.4. The van der Waals surface area contributed by atoms with Crippen LogP contribution in [-0.2, 0) is 6.54 Å². The number of hydrogen-bond donors (Lipinski definition) is 1. The van der Waals surface area contributed by atoms with E-state index in [2.05, 4.69) is 35.5 Å². The molecule has 1 aliphatic rings. The van der Waals surface area contributed by atoms with E-state index in [1.807, 2.05) is 29.1 Å². The van der Waals surface area contributed by atoms with E-state index in [-0.39, 0.29) is 0 Å². The van der Waals surface area contributed by atoms with Crippen molar-refractivity contribution in [1.29, 1.82) is 0 Å². The molecule has 3 heteroatoms. The van der Waals surface area contributed by atoms with Gasteiger partial charge in [0.1, 0.15) is 0 Å². The molecule has 0 spiro atoms. The van der Waals surface area contributed by atoms with Crippen molar-refractivity contribution in [3.63, 3.8) is 0 Å². The van der Waals surface area contributed by atoms with E-state index in [0.29, 0.717) is 5.41 Å². The zero-order valence-electron chi connectivity index (χ0n) is 12.9. The van der Waals surface area contributed by atoms with Crippen LogP contribution in [0.3, 0.4) is 0 Å². The highest BCUT2D eigenvalue weighted by molar-refractivity contribution is 5.30. The van der Waals surface area contributed by atoms with Gasteiger partial charge in [-0.05, 0) is 36.5 Å². The van der Waals surface area contributed by atoms with Crippen LogP contribution < -0.4 is 5.32 Å². The molecule has 0 saturated heterocycles. The molecule has 0 bridgehead atoms. The first-order chi connectivity index (χ1) is 10.3. The molecule has 1 aliphatic carbocycles. The zero-order valence-corrected chi connectivity index (χ0v) is 12.9. The largest absolute Gasteiger partial charge is 0.311 e. The summed E-state index contributed by atoms with van der Waals surface area (Å²) in [5, 5.41) is 8.24. The number of hydrogen-bond acceptors (Lipinski definition) is 2. The Labute approximate surface area is 127 Å². The van der Waals surface area contributed by atoms with Crippen LogP contribution in [0.15, 0.2) is 42.6 Å². The second-order valence-electron chi connectivity index (χ2n) is 6.56. The molecule has 1 N–H and O–H groups in total. The molecule has 21 heavy (non-hydrogen) atoms. The number of nitrogens with one attached hydrogen (secondary N) is 1. The van der Waals surface area contributed by atoms with Crippen LogP contribution in [0.4, 0.5) is 0 Å². The number of benzene rings is 1. The van der Waals surface area contributed by atoms with Gasteiger partial charge in [-0.3, -0.25) is 0 Å². The van der Waals surface area contributed by atoms with Crippen molar-refractivity contribution in [3.05, 3.63) is 48.3 Å². The molecule has 112 valence electrons. The van der Waals surface area contributed by atoms with Gasteiger partial charge in [-0.25, -0.2) is 4.68 Å². The molecule has 0 amide bonds. The van der Waals surface area contributed by atoms with Gasteiger partial charge in [0, 0.05) is 19.3 Å². The van der Waals surface area contributed by atoms with Gasteiger partial charge < -0.3 is 5.32 Å². The van der Waals surface area contributed by atoms with Crippen LogP contribution in [0, 0.1) is 5.41 Å². The highest BCUT2D eigenvalue weighted by atomic mass is 15.3. The molecule has 0 unspecified atom stereocenters. The molecular formula is C18H25N3. The summed E-state index contributed by atoms with van der Waals surface area (Å²) >= 11 is 0. The Morgan fingerprint density at radius 1 is 1.10 bits per heavy atom. The highest BCUT2D eigenvalue weighted by Crippen LogP contribution is 2.34. The minimum absolute atomic E-state index is 0.486. The monoisotopic (exact) mass is 283 g/mol. The normalized spacial score (nSPS) is 17.8. The summed E-state index contributed by atoms with van der Waals surface area (Å²) in [7, 11) is 0. The minimum Gasteiger partial charge on any atom is -0.311 e. The number of aromatic nitrogens is 2. The zero-order chi connectivity index (χ0) is 14.5. The van der Waals surface area contributed by atoms with Crippen LogP contribution in [0.2, 0.25) is 0 Å². The fraction of sp³-hybridized carbons (Fsp3) is 0.500. The molecule has 0 atom stereocenters. The predicted octanol–water partition coefficient (Wildman–Crippen LogP) is 3.93. The van der Waals surface area contributed by atoms with E-state index in [1.54, 1.807) is 0 Å². The fourth-order valence-electron chi connectivity index (χ4n) is 3.25. The van der Waals surface area contributed by atoms with E-state index < -0.39 is 0 Å². The molecule has 3 nitrogen and oxygen atoms in total. The molecule has 1 aromatic heterocycles. The third kappa shape index (κ3) is 3.73. The van der Waals surface area contributed by atoms with Gasteiger partial charge in [0.15, 0.2) is 0 Å². The Balaban J connectivity index is 1.53. The lowest BCUT2D eigenvalue weighted by molar-refractivity contribution is 0.207. The van der Waals surface area contributed by atoms with Crippen molar-refractivity contribution in [1.82, 2.24) is 15.1 Å². The Hall–Kier alpha value is -1.61. The summed E-state index contributed by atoms with van der Waals surface area (Å²) < 4.78 is 1.94. The maximum absolute atomic E-state index is 4.64. The lowest BCUT2D eigenvalue weighted by atomic mass is 9.76. The van der Waals surface area contributed by atoms with Gasteiger partial charge in [-0.1, -0.05) is 44.4 Å². The lowest BCUT2D eigenvalue weighted by Gasteiger charge is -2.33. The Kier molecular flexibility index (Phi) is 4.39. The van der Waals surface area contributed by atoms with Crippen molar-refractivity contribution < 1.29 is 0 Å². The van der Waals surface area contributed by atoms with E-state index in [1.165, 1.54) is 32.1 Å². The third-order valence-electron chi connectivity index (χ3n) is 4.58. The van der Waals surface area contributed by atoms with Gasteiger partial charge in [-0.2, -0.15) is 5.10 Å². The first-order valence-electron chi connectivity index (χ1n) is 8.06. The summed E-state index contributed by atoms with van der Waals surface area (Å²) in [5.74, 6) is 0. The molecule has 0 radical (unpaired) electrons. The van der Waals surface area contributed by atoms with Crippen molar-refractivity contribution in [2.24, 2.45) is 5.41 Å². The SMILES string of the molecule is CC1(CNCc2ccn(-c3ccccc3)n2)CCCCC1.